The summed E-state index contributed by atoms with van der Waals surface area (Å²) in [5.74, 6) is -0.728. The Labute approximate surface area is 240 Å². The topological polar surface area (TPSA) is 90.5 Å². The number of nitrogens with zero attached hydrogens (tertiary/aromatic N) is 4. The summed E-state index contributed by atoms with van der Waals surface area (Å²) in [5, 5.41) is 5.91. The average Bonchev–Trinajstić information content (AvgIpc) is 2.92. The summed E-state index contributed by atoms with van der Waals surface area (Å²) in [6, 6.07) is 6.94. The van der Waals surface area contributed by atoms with Gasteiger partial charge < -0.3 is 20.4 Å². The first-order chi connectivity index (χ1) is 19.4. The van der Waals surface area contributed by atoms with Crippen LogP contribution in [0.3, 0.4) is 0 Å². The third kappa shape index (κ3) is 7.96. The van der Waals surface area contributed by atoms with Gasteiger partial charge in [0.2, 0.25) is 11.9 Å². The Hall–Kier alpha value is -3.21. The van der Waals surface area contributed by atoms with Crippen molar-refractivity contribution in [2.75, 3.05) is 32.5 Å². The lowest BCUT2D eigenvalue weighted by atomic mass is 9.76. The van der Waals surface area contributed by atoms with Gasteiger partial charge in [-0.2, -0.15) is 13.2 Å². The van der Waals surface area contributed by atoms with Crippen LogP contribution in [0.5, 0.6) is 0 Å². The van der Waals surface area contributed by atoms with Gasteiger partial charge in [-0.1, -0.05) is 12.8 Å². The van der Waals surface area contributed by atoms with Crippen molar-refractivity contribution in [3.05, 3.63) is 47.3 Å². The van der Waals surface area contributed by atoms with Gasteiger partial charge in [0.25, 0.3) is 5.91 Å². The molecule has 4 rings (SSSR count). The fourth-order valence-electron chi connectivity index (χ4n) is 5.88. The Morgan fingerprint density at radius 1 is 1.07 bits per heavy atom. The molecule has 2 aliphatic rings. The van der Waals surface area contributed by atoms with E-state index in [4.69, 9.17) is 0 Å². The van der Waals surface area contributed by atoms with Crippen LogP contribution in [0.25, 0.3) is 0 Å². The molecule has 2 fully saturated rings. The van der Waals surface area contributed by atoms with Gasteiger partial charge in [-0.25, -0.2) is 9.97 Å². The molecule has 2 atom stereocenters. The maximum absolute atomic E-state index is 13.9. The number of anilines is 2. The summed E-state index contributed by atoms with van der Waals surface area (Å²) in [7, 11) is 3.90. The first kappa shape index (κ1) is 30.7. The Balaban J connectivity index is 1.49. The van der Waals surface area contributed by atoms with Crippen LogP contribution in [-0.2, 0) is 17.4 Å². The molecule has 2 N–H and O–H groups in total. The number of rotatable bonds is 8. The second-order valence-corrected chi connectivity index (χ2v) is 11.7. The van der Waals surface area contributed by atoms with Crippen LogP contribution in [0.15, 0.2) is 30.5 Å². The summed E-state index contributed by atoms with van der Waals surface area (Å²) in [6.45, 7) is 5.64. The summed E-state index contributed by atoms with van der Waals surface area (Å²) in [4.78, 5) is 38.1. The Kier molecular flexibility index (Phi) is 9.88. The molecule has 8 nitrogen and oxygen atoms in total. The number of alkyl halides is 3. The number of benzene rings is 1. The minimum absolute atomic E-state index is 0.0366. The molecule has 2 aromatic rings. The molecule has 1 aliphatic carbocycles. The van der Waals surface area contributed by atoms with Crippen LogP contribution < -0.4 is 10.6 Å². The molecule has 2 amide bonds. The molecule has 1 saturated heterocycles. The number of halogens is 3. The molecule has 0 bridgehead atoms. The number of carbonyl (C=O) groups is 2. The third-order valence-electron chi connectivity index (χ3n) is 8.25. The number of amides is 2. The van der Waals surface area contributed by atoms with Gasteiger partial charge in [0.15, 0.2) is 0 Å². The highest BCUT2D eigenvalue weighted by molar-refractivity contribution is 5.94. The van der Waals surface area contributed by atoms with Crippen molar-refractivity contribution >= 4 is 23.5 Å². The standard InChI is InChI=1S/C30H41F3N6O2/c1-19(2)35-27(40)24-8-6-5-7-21(24)17-26-25(30(31,32)33)18-34-29(37-26)36-22-11-9-20(10-12-22)28(41)39(4)23-13-15-38(3)16-14-23/h9-12,18-19,21,23-24H,5-8,13-17H2,1-4H3,(H,35,40)(H,34,36,37)/t21-,24-/m0/s1. The van der Waals surface area contributed by atoms with Gasteiger partial charge >= 0.3 is 6.18 Å². The number of hydrogen-bond donors (Lipinski definition) is 2. The van der Waals surface area contributed by atoms with E-state index in [0.717, 1.165) is 45.0 Å². The fraction of sp³-hybridized carbons (Fsp3) is 0.600. The van der Waals surface area contributed by atoms with E-state index in [0.29, 0.717) is 24.1 Å². The highest BCUT2D eigenvalue weighted by atomic mass is 19.4. The lowest BCUT2D eigenvalue weighted by Crippen LogP contribution is -2.44. The molecule has 1 saturated carbocycles. The van der Waals surface area contributed by atoms with E-state index in [2.05, 4.69) is 32.5 Å². The van der Waals surface area contributed by atoms with Crippen LogP contribution in [0.4, 0.5) is 24.8 Å². The zero-order valence-electron chi connectivity index (χ0n) is 24.3. The molecular weight excluding hydrogens is 533 g/mol. The van der Waals surface area contributed by atoms with Crippen molar-refractivity contribution in [1.82, 2.24) is 25.1 Å². The first-order valence-corrected chi connectivity index (χ1v) is 14.5. The monoisotopic (exact) mass is 574 g/mol. The molecular formula is C30H41F3N6O2. The van der Waals surface area contributed by atoms with Crippen molar-refractivity contribution in [2.24, 2.45) is 11.8 Å². The van der Waals surface area contributed by atoms with E-state index in [1.165, 1.54) is 0 Å². The van der Waals surface area contributed by atoms with Crippen molar-refractivity contribution < 1.29 is 22.8 Å². The molecule has 1 aliphatic heterocycles. The number of carbonyl (C=O) groups excluding carboxylic acids is 2. The van der Waals surface area contributed by atoms with Crippen LogP contribution in [0, 0.1) is 11.8 Å². The molecule has 41 heavy (non-hydrogen) atoms. The third-order valence-corrected chi connectivity index (χ3v) is 8.25. The Morgan fingerprint density at radius 2 is 1.73 bits per heavy atom. The Morgan fingerprint density at radius 3 is 2.37 bits per heavy atom. The Bertz CT molecular complexity index is 1200. The summed E-state index contributed by atoms with van der Waals surface area (Å²) < 4.78 is 41.7. The summed E-state index contributed by atoms with van der Waals surface area (Å²) >= 11 is 0. The molecule has 11 heteroatoms. The van der Waals surface area contributed by atoms with Crippen molar-refractivity contribution in [3.63, 3.8) is 0 Å². The second-order valence-electron chi connectivity index (χ2n) is 11.7. The summed E-state index contributed by atoms with van der Waals surface area (Å²) in [5.41, 5.74) is 0.0976. The van der Waals surface area contributed by atoms with Gasteiger partial charge in [-0.15, -0.1) is 0 Å². The number of nitrogens with one attached hydrogen (secondary N) is 2. The number of hydrogen-bond acceptors (Lipinski definition) is 6. The molecule has 1 aromatic heterocycles. The lowest BCUT2D eigenvalue weighted by Gasteiger charge is -2.35. The maximum atomic E-state index is 13.9. The van der Waals surface area contributed by atoms with Crippen molar-refractivity contribution in [2.45, 2.75) is 77.1 Å². The van der Waals surface area contributed by atoms with Crippen molar-refractivity contribution in [3.8, 4) is 0 Å². The predicted molar refractivity (Wildman–Crippen MR) is 152 cm³/mol. The molecule has 0 radical (unpaired) electrons. The fourth-order valence-corrected chi connectivity index (χ4v) is 5.88. The number of piperidine rings is 1. The highest BCUT2D eigenvalue weighted by Crippen LogP contribution is 2.37. The van der Waals surface area contributed by atoms with E-state index < -0.39 is 11.7 Å². The van der Waals surface area contributed by atoms with Crippen LogP contribution in [0.2, 0.25) is 0 Å². The van der Waals surface area contributed by atoms with E-state index in [1.54, 1.807) is 29.2 Å². The maximum Gasteiger partial charge on any atom is 0.419 e. The number of aromatic nitrogens is 2. The highest BCUT2D eigenvalue weighted by Gasteiger charge is 2.38. The molecule has 1 aromatic carbocycles. The molecule has 2 heterocycles. The summed E-state index contributed by atoms with van der Waals surface area (Å²) in [6.07, 6.45) is 1.16. The minimum atomic E-state index is -4.61. The molecule has 224 valence electrons. The largest absolute Gasteiger partial charge is 0.419 e. The quantitative estimate of drug-likeness (QED) is 0.446. The molecule has 0 spiro atoms. The zero-order chi connectivity index (χ0) is 29.7. The lowest BCUT2D eigenvalue weighted by molar-refractivity contribution is -0.138. The zero-order valence-corrected chi connectivity index (χ0v) is 24.3. The van der Waals surface area contributed by atoms with Gasteiger partial charge in [-0.05, 0) is 96.3 Å². The van der Waals surface area contributed by atoms with Gasteiger partial charge in [0.1, 0.15) is 0 Å². The predicted octanol–water partition coefficient (Wildman–Crippen LogP) is 5.28. The van der Waals surface area contributed by atoms with Gasteiger partial charge in [-0.3, -0.25) is 9.59 Å². The SMILES string of the molecule is CC(C)NC(=O)[C@H]1CCCC[C@H]1Cc1nc(Nc2ccc(C(=O)N(C)C3CCN(C)CC3)cc2)ncc1C(F)(F)F. The molecule has 0 unspecified atom stereocenters. The van der Waals surface area contributed by atoms with E-state index in [1.807, 2.05) is 20.9 Å². The van der Waals surface area contributed by atoms with E-state index in [-0.39, 0.29) is 53.8 Å². The van der Waals surface area contributed by atoms with Crippen molar-refractivity contribution in [1.29, 1.82) is 0 Å². The van der Waals surface area contributed by atoms with E-state index in [9.17, 15) is 22.8 Å². The normalized spacial score (nSPS) is 20.6. The van der Waals surface area contributed by atoms with Gasteiger partial charge in [0.05, 0.1) is 11.3 Å². The van der Waals surface area contributed by atoms with Crippen LogP contribution >= 0.6 is 0 Å². The average molecular weight is 575 g/mol. The first-order valence-electron chi connectivity index (χ1n) is 14.5. The van der Waals surface area contributed by atoms with E-state index >= 15 is 0 Å². The minimum Gasteiger partial charge on any atom is -0.354 e. The second kappa shape index (κ2) is 13.2. The van der Waals surface area contributed by atoms with Gasteiger partial charge in [0, 0.05) is 42.5 Å². The number of likely N-dealkylation sites (tertiary alicyclic amines) is 1. The van der Waals surface area contributed by atoms with Crippen LogP contribution in [0.1, 0.15) is 74.0 Å². The van der Waals surface area contributed by atoms with Crippen LogP contribution in [-0.4, -0.2) is 70.9 Å². The smallest absolute Gasteiger partial charge is 0.354 e.